The molecule has 0 fully saturated rings. The van der Waals surface area contributed by atoms with E-state index in [4.69, 9.17) is 5.73 Å². The molecule has 0 aliphatic heterocycles. The fraction of sp³-hybridized carbons (Fsp3) is 0.333. The monoisotopic (exact) mass is 277 g/mol. The minimum Gasteiger partial charge on any atom is -0.375 e. The molecule has 0 aliphatic rings. The summed E-state index contributed by atoms with van der Waals surface area (Å²) in [5, 5.41) is 3.31. The van der Waals surface area contributed by atoms with Gasteiger partial charge in [0.15, 0.2) is 5.13 Å². The first-order valence-corrected chi connectivity index (χ1v) is 6.66. The summed E-state index contributed by atoms with van der Waals surface area (Å²) in [6.07, 6.45) is 5.58. The summed E-state index contributed by atoms with van der Waals surface area (Å²) in [6.45, 7) is 3.70. The Labute approximate surface area is 115 Å². The molecular weight excluding hydrogens is 262 g/mol. The summed E-state index contributed by atoms with van der Waals surface area (Å²) < 4.78 is 0. The summed E-state index contributed by atoms with van der Waals surface area (Å²) in [5.41, 5.74) is 7.08. The number of aromatic nitrogens is 3. The number of thiazole rings is 1. The van der Waals surface area contributed by atoms with Crippen molar-refractivity contribution in [2.75, 3.05) is 5.73 Å². The van der Waals surface area contributed by atoms with Crippen molar-refractivity contribution in [2.24, 2.45) is 0 Å². The van der Waals surface area contributed by atoms with Crippen LogP contribution >= 0.6 is 11.3 Å². The molecule has 7 heteroatoms. The van der Waals surface area contributed by atoms with Crippen LogP contribution in [0.2, 0.25) is 0 Å². The number of amides is 1. The molecule has 0 unspecified atom stereocenters. The summed E-state index contributed by atoms with van der Waals surface area (Å²) in [6, 6.07) is -0.0353. The molecule has 2 aromatic heterocycles. The Hall–Kier alpha value is -2.02. The van der Waals surface area contributed by atoms with E-state index in [2.05, 4.69) is 20.3 Å². The first kappa shape index (κ1) is 13.4. The van der Waals surface area contributed by atoms with E-state index < -0.39 is 0 Å². The fourth-order valence-electron chi connectivity index (χ4n) is 1.72. The van der Waals surface area contributed by atoms with Crippen molar-refractivity contribution in [2.45, 2.75) is 26.3 Å². The SMILES string of the molecule is Cc1nc(N)sc1C(=O)N[C@@H](C)Cc1cnccn1. The number of nitrogens with zero attached hydrogens (tertiary/aromatic N) is 3. The molecule has 2 aromatic rings. The van der Waals surface area contributed by atoms with Gasteiger partial charge in [0, 0.05) is 31.1 Å². The molecule has 3 N–H and O–H groups in total. The predicted molar refractivity (Wildman–Crippen MR) is 73.9 cm³/mol. The zero-order valence-electron chi connectivity index (χ0n) is 10.8. The van der Waals surface area contributed by atoms with Crippen LogP contribution in [-0.4, -0.2) is 26.9 Å². The maximum absolute atomic E-state index is 12.0. The molecule has 0 radical (unpaired) electrons. The van der Waals surface area contributed by atoms with E-state index in [-0.39, 0.29) is 11.9 Å². The first-order chi connectivity index (χ1) is 9.06. The molecule has 0 bridgehead atoms. The van der Waals surface area contributed by atoms with Crippen LogP contribution in [0, 0.1) is 6.92 Å². The topological polar surface area (TPSA) is 93.8 Å². The van der Waals surface area contributed by atoms with Crippen LogP contribution in [0.15, 0.2) is 18.6 Å². The summed E-state index contributed by atoms with van der Waals surface area (Å²) in [5.74, 6) is -0.150. The Morgan fingerprint density at radius 3 is 2.89 bits per heavy atom. The highest BCUT2D eigenvalue weighted by Gasteiger charge is 2.16. The van der Waals surface area contributed by atoms with Crippen molar-refractivity contribution >= 4 is 22.4 Å². The van der Waals surface area contributed by atoms with E-state index in [0.717, 1.165) is 5.69 Å². The summed E-state index contributed by atoms with van der Waals surface area (Å²) >= 11 is 1.20. The van der Waals surface area contributed by atoms with E-state index >= 15 is 0 Å². The number of rotatable bonds is 4. The predicted octanol–water partition coefficient (Wildman–Crippen LogP) is 1.18. The second kappa shape index (κ2) is 5.75. The number of carbonyl (C=O) groups is 1. The third-order valence-corrected chi connectivity index (χ3v) is 3.51. The highest BCUT2D eigenvalue weighted by Crippen LogP contribution is 2.19. The maximum Gasteiger partial charge on any atom is 0.263 e. The lowest BCUT2D eigenvalue weighted by atomic mass is 10.2. The van der Waals surface area contributed by atoms with Gasteiger partial charge in [-0.05, 0) is 13.8 Å². The van der Waals surface area contributed by atoms with Crippen LogP contribution in [0.5, 0.6) is 0 Å². The van der Waals surface area contributed by atoms with Gasteiger partial charge in [0.2, 0.25) is 0 Å². The van der Waals surface area contributed by atoms with Gasteiger partial charge in [-0.2, -0.15) is 0 Å². The summed E-state index contributed by atoms with van der Waals surface area (Å²) in [7, 11) is 0. The van der Waals surface area contributed by atoms with Gasteiger partial charge in [-0.3, -0.25) is 14.8 Å². The Balaban J connectivity index is 1.97. The molecule has 2 rings (SSSR count). The van der Waals surface area contributed by atoms with E-state index in [1.165, 1.54) is 11.3 Å². The third kappa shape index (κ3) is 3.47. The lowest BCUT2D eigenvalue weighted by Gasteiger charge is -2.12. The van der Waals surface area contributed by atoms with E-state index in [1.807, 2.05) is 6.92 Å². The average Bonchev–Trinajstić information content (AvgIpc) is 2.69. The summed E-state index contributed by atoms with van der Waals surface area (Å²) in [4.78, 5) is 24.8. The van der Waals surface area contributed by atoms with Gasteiger partial charge in [0.1, 0.15) is 4.88 Å². The van der Waals surface area contributed by atoms with Crippen molar-refractivity contribution in [3.63, 3.8) is 0 Å². The number of nitrogens with one attached hydrogen (secondary N) is 1. The minimum absolute atomic E-state index is 0.0353. The van der Waals surface area contributed by atoms with Crippen molar-refractivity contribution in [1.82, 2.24) is 20.3 Å². The number of aryl methyl sites for hydroxylation is 1. The van der Waals surface area contributed by atoms with Crippen LogP contribution in [-0.2, 0) is 6.42 Å². The second-order valence-electron chi connectivity index (χ2n) is 4.24. The number of hydrogen-bond acceptors (Lipinski definition) is 6. The van der Waals surface area contributed by atoms with Gasteiger partial charge in [-0.25, -0.2) is 4.98 Å². The average molecular weight is 277 g/mol. The second-order valence-corrected chi connectivity index (χ2v) is 5.27. The van der Waals surface area contributed by atoms with Gasteiger partial charge >= 0.3 is 0 Å². The third-order valence-electron chi connectivity index (χ3n) is 2.53. The Morgan fingerprint density at radius 2 is 2.32 bits per heavy atom. The van der Waals surface area contributed by atoms with Crippen molar-refractivity contribution in [1.29, 1.82) is 0 Å². The smallest absolute Gasteiger partial charge is 0.263 e. The molecule has 19 heavy (non-hydrogen) atoms. The zero-order chi connectivity index (χ0) is 13.8. The number of nitrogens with two attached hydrogens (primary N) is 1. The highest BCUT2D eigenvalue weighted by atomic mass is 32.1. The van der Waals surface area contributed by atoms with E-state index in [1.54, 1.807) is 25.5 Å². The Kier molecular flexibility index (Phi) is 4.06. The maximum atomic E-state index is 12.0. The first-order valence-electron chi connectivity index (χ1n) is 5.85. The molecule has 6 nitrogen and oxygen atoms in total. The molecule has 0 saturated heterocycles. The highest BCUT2D eigenvalue weighted by molar-refractivity contribution is 7.17. The van der Waals surface area contributed by atoms with Crippen LogP contribution in [0.4, 0.5) is 5.13 Å². The number of carbonyl (C=O) groups excluding carboxylic acids is 1. The van der Waals surface area contributed by atoms with Crippen molar-refractivity contribution in [3.05, 3.63) is 34.9 Å². The molecule has 0 saturated carbocycles. The van der Waals surface area contributed by atoms with Gasteiger partial charge < -0.3 is 11.1 Å². The van der Waals surface area contributed by atoms with Crippen LogP contribution in [0.1, 0.15) is 28.0 Å². The molecular formula is C12H15N5OS. The van der Waals surface area contributed by atoms with Crippen LogP contribution in [0.3, 0.4) is 0 Å². The lowest BCUT2D eigenvalue weighted by molar-refractivity contribution is 0.0943. The van der Waals surface area contributed by atoms with Gasteiger partial charge in [0.05, 0.1) is 11.4 Å². The Bertz CT molecular complexity index is 569. The molecule has 1 amide bonds. The normalized spacial score (nSPS) is 12.1. The quantitative estimate of drug-likeness (QED) is 0.875. The molecule has 0 spiro atoms. The molecule has 100 valence electrons. The molecule has 0 aromatic carbocycles. The van der Waals surface area contributed by atoms with Crippen LogP contribution < -0.4 is 11.1 Å². The van der Waals surface area contributed by atoms with Gasteiger partial charge in [0.25, 0.3) is 5.91 Å². The standard InChI is InChI=1S/C12H15N5OS/c1-7(5-9-6-14-3-4-15-9)16-11(18)10-8(2)17-12(13)19-10/h3-4,6-7H,5H2,1-2H3,(H2,13,17)(H,16,18)/t7-/m0/s1. The van der Waals surface area contributed by atoms with Gasteiger partial charge in [-0.15, -0.1) is 0 Å². The molecule has 1 atom stereocenters. The lowest BCUT2D eigenvalue weighted by Crippen LogP contribution is -2.34. The number of anilines is 1. The molecule has 2 heterocycles. The number of nitrogen functional groups attached to an aromatic ring is 1. The van der Waals surface area contributed by atoms with Gasteiger partial charge in [-0.1, -0.05) is 11.3 Å². The fourth-order valence-corrected chi connectivity index (χ4v) is 2.45. The molecule has 0 aliphatic carbocycles. The van der Waals surface area contributed by atoms with Crippen molar-refractivity contribution in [3.8, 4) is 0 Å². The van der Waals surface area contributed by atoms with E-state index in [0.29, 0.717) is 22.1 Å². The van der Waals surface area contributed by atoms with E-state index in [9.17, 15) is 4.79 Å². The Morgan fingerprint density at radius 1 is 1.53 bits per heavy atom. The minimum atomic E-state index is -0.150. The largest absolute Gasteiger partial charge is 0.375 e. The number of hydrogen-bond donors (Lipinski definition) is 2. The van der Waals surface area contributed by atoms with Crippen LogP contribution in [0.25, 0.3) is 0 Å². The zero-order valence-corrected chi connectivity index (χ0v) is 11.6. The van der Waals surface area contributed by atoms with Crippen molar-refractivity contribution < 1.29 is 4.79 Å².